The van der Waals surface area contributed by atoms with Crippen LogP contribution in [0.2, 0.25) is 0 Å². The van der Waals surface area contributed by atoms with Crippen LogP contribution in [0.15, 0.2) is 22.8 Å². The molecule has 2 fully saturated rings. The number of ether oxygens (including phenoxy) is 1. The Hall–Kier alpha value is -0.800. The van der Waals surface area contributed by atoms with Gasteiger partial charge in [-0.3, -0.25) is 0 Å². The molecule has 0 spiro atoms. The third-order valence-electron chi connectivity index (χ3n) is 3.02. The molecule has 3 nitrogen and oxygen atoms in total. The zero-order valence-electron chi connectivity index (χ0n) is 8.11. The second-order valence-electron chi connectivity index (χ2n) is 4.17. The molecule has 1 N–H and O–H groups in total. The zero-order valence-corrected chi connectivity index (χ0v) is 8.11. The lowest BCUT2D eigenvalue weighted by Crippen LogP contribution is -2.41. The van der Waals surface area contributed by atoms with Gasteiger partial charge in [-0.05, 0) is 30.9 Å². The third-order valence-corrected chi connectivity index (χ3v) is 3.02. The van der Waals surface area contributed by atoms with Gasteiger partial charge in [-0.15, -0.1) is 0 Å². The fraction of sp³-hybridized carbons (Fsp3) is 0.636. The molecule has 1 saturated heterocycles. The minimum atomic E-state index is 0.115. The number of hydrogen-bond acceptors (Lipinski definition) is 3. The molecule has 76 valence electrons. The predicted octanol–water partition coefficient (Wildman–Crippen LogP) is 1.72. The van der Waals surface area contributed by atoms with Crippen LogP contribution < -0.4 is 5.32 Å². The van der Waals surface area contributed by atoms with Crippen molar-refractivity contribution in [2.45, 2.75) is 25.0 Å². The van der Waals surface area contributed by atoms with E-state index in [0.29, 0.717) is 6.10 Å². The van der Waals surface area contributed by atoms with E-state index in [0.717, 1.165) is 24.8 Å². The van der Waals surface area contributed by atoms with Crippen molar-refractivity contribution in [1.29, 1.82) is 0 Å². The maximum atomic E-state index is 6.00. The number of furan rings is 1. The molecule has 1 aromatic heterocycles. The van der Waals surface area contributed by atoms with E-state index in [1.165, 1.54) is 12.8 Å². The molecule has 2 unspecified atom stereocenters. The third kappa shape index (κ3) is 1.57. The Labute approximate surface area is 83.4 Å². The monoisotopic (exact) mass is 193 g/mol. The first-order chi connectivity index (χ1) is 6.93. The highest BCUT2D eigenvalue weighted by Crippen LogP contribution is 2.37. The second-order valence-corrected chi connectivity index (χ2v) is 4.17. The van der Waals surface area contributed by atoms with Gasteiger partial charge in [0.05, 0.1) is 12.4 Å². The molecule has 0 amide bonds. The summed E-state index contributed by atoms with van der Waals surface area (Å²) in [5.41, 5.74) is 0. The Morgan fingerprint density at radius 1 is 1.29 bits per heavy atom. The molecule has 1 aliphatic heterocycles. The Bertz CT molecular complexity index is 292. The normalized spacial score (nSPS) is 33.1. The van der Waals surface area contributed by atoms with E-state index in [-0.39, 0.29) is 6.10 Å². The Kier molecular flexibility index (Phi) is 2.07. The van der Waals surface area contributed by atoms with Crippen LogP contribution in [0.1, 0.15) is 24.7 Å². The van der Waals surface area contributed by atoms with E-state index in [9.17, 15) is 0 Å². The molecule has 0 bridgehead atoms. The fourth-order valence-corrected chi connectivity index (χ4v) is 2.05. The van der Waals surface area contributed by atoms with Crippen LogP contribution in [-0.2, 0) is 4.74 Å². The number of nitrogens with one attached hydrogen (secondary N) is 1. The van der Waals surface area contributed by atoms with Gasteiger partial charge in [0.1, 0.15) is 11.9 Å². The van der Waals surface area contributed by atoms with Gasteiger partial charge in [0, 0.05) is 13.1 Å². The van der Waals surface area contributed by atoms with Gasteiger partial charge in [0.2, 0.25) is 0 Å². The lowest BCUT2D eigenvalue weighted by Gasteiger charge is -2.29. The van der Waals surface area contributed by atoms with Crippen LogP contribution in [0.4, 0.5) is 0 Å². The van der Waals surface area contributed by atoms with Crippen LogP contribution in [-0.4, -0.2) is 19.2 Å². The summed E-state index contributed by atoms with van der Waals surface area (Å²) in [6.45, 7) is 1.87. The van der Waals surface area contributed by atoms with Gasteiger partial charge in [-0.1, -0.05) is 0 Å². The minimum absolute atomic E-state index is 0.115. The lowest BCUT2D eigenvalue weighted by molar-refractivity contribution is -0.0584. The van der Waals surface area contributed by atoms with Crippen molar-refractivity contribution in [2.24, 2.45) is 5.92 Å². The smallest absolute Gasteiger partial charge is 0.133 e. The summed E-state index contributed by atoms with van der Waals surface area (Å²) in [6.07, 6.45) is 4.89. The average Bonchev–Trinajstić information content (AvgIpc) is 2.94. The first-order valence-corrected chi connectivity index (χ1v) is 5.33. The highest BCUT2D eigenvalue weighted by molar-refractivity contribution is 5.04. The van der Waals surface area contributed by atoms with E-state index in [4.69, 9.17) is 9.15 Å². The summed E-state index contributed by atoms with van der Waals surface area (Å²) < 4.78 is 11.4. The molecule has 3 heteroatoms. The fourth-order valence-electron chi connectivity index (χ4n) is 2.05. The standard InChI is InChI=1S/C11H15NO2/c1-2-9(13-5-1)11-7-12-6-10(14-11)8-3-4-8/h1-2,5,8,10-12H,3-4,6-7H2. The number of hydrogen-bond donors (Lipinski definition) is 1. The molecule has 2 atom stereocenters. The molecule has 2 aliphatic rings. The Morgan fingerprint density at radius 3 is 2.93 bits per heavy atom. The van der Waals surface area contributed by atoms with Gasteiger partial charge in [-0.25, -0.2) is 0 Å². The molecular formula is C11H15NO2. The van der Waals surface area contributed by atoms with Crippen molar-refractivity contribution in [2.75, 3.05) is 13.1 Å². The summed E-state index contributed by atoms with van der Waals surface area (Å²) >= 11 is 0. The summed E-state index contributed by atoms with van der Waals surface area (Å²) in [5, 5.41) is 3.41. The van der Waals surface area contributed by atoms with Crippen LogP contribution in [0, 0.1) is 5.92 Å². The summed E-state index contributed by atoms with van der Waals surface area (Å²) in [6, 6.07) is 3.90. The molecular weight excluding hydrogens is 178 g/mol. The summed E-state index contributed by atoms with van der Waals surface area (Å²) in [5.74, 6) is 1.74. The quantitative estimate of drug-likeness (QED) is 0.776. The molecule has 1 aliphatic carbocycles. The average molecular weight is 193 g/mol. The predicted molar refractivity (Wildman–Crippen MR) is 51.9 cm³/mol. The lowest BCUT2D eigenvalue weighted by atomic mass is 10.1. The van der Waals surface area contributed by atoms with E-state index < -0.39 is 0 Å². The summed E-state index contributed by atoms with van der Waals surface area (Å²) in [7, 11) is 0. The molecule has 14 heavy (non-hydrogen) atoms. The van der Waals surface area contributed by atoms with E-state index in [1.807, 2.05) is 12.1 Å². The minimum Gasteiger partial charge on any atom is -0.467 e. The highest BCUT2D eigenvalue weighted by atomic mass is 16.5. The highest BCUT2D eigenvalue weighted by Gasteiger charge is 2.36. The maximum absolute atomic E-state index is 6.00. The Morgan fingerprint density at radius 2 is 2.21 bits per heavy atom. The molecule has 2 heterocycles. The maximum Gasteiger partial charge on any atom is 0.133 e. The largest absolute Gasteiger partial charge is 0.467 e. The molecule has 1 aromatic rings. The SMILES string of the molecule is c1coc(C2CNCC(C3CC3)O2)c1. The Balaban J connectivity index is 1.69. The van der Waals surface area contributed by atoms with Crippen molar-refractivity contribution >= 4 is 0 Å². The zero-order chi connectivity index (χ0) is 9.38. The van der Waals surface area contributed by atoms with E-state index in [2.05, 4.69) is 5.32 Å². The van der Waals surface area contributed by atoms with Crippen molar-refractivity contribution in [3.8, 4) is 0 Å². The second kappa shape index (κ2) is 3.41. The topological polar surface area (TPSA) is 34.4 Å². The van der Waals surface area contributed by atoms with Crippen molar-refractivity contribution < 1.29 is 9.15 Å². The van der Waals surface area contributed by atoms with Crippen LogP contribution in [0.5, 0.6) is 0 Å². The number of rotatable bonds is 2. The van der Waals surface area contributed by atoms with Crippen LogP contribution in [0.3, 0.4) is 0 Å². The van der Waals surface area contributed by atoms with Crippen LogP contribution >= 0.6 is 0 Å². The van der Waals surface area contributed by atoms with E-state index in [1.54, 1.807) is 6.26 Å². The van der Waals surface area contributed by atoms with Crippen molar-refractivity contribution in [1.82, 2.24) is 5.32 Å². The molecule has 1 saturated carbocycles. The molecule has 0 radical (unpaired) electrons. The van der Waals surface area contributed by atoms with E-state index >= 15 is 0 Å². The van der Waals surface area contributed by atoms with Gasteiger partial charge in [-0.2, -0.15) is 0 Å². The van der Waals surface area contributed by atoms with Crippen LogP contribution in [0.25, 0.3) is 0 Å². The molecule has 3 rings (SSSR count). The van der Waals surface area contributed by atoms with Gasteiger partial charge in [0.15, 0.2) is 0 Å². The number of morpholine rings is 1. The summed E-state index contributed by atoms with van der Waals surface area (Å²) in [4.78, 5) is 0. The molecule has 0 aromatic carbocycles. The van der Waals surface area contributed by atoms with Crippen molar-refractivity contribution in [3.63, 3.8) is 0 Å². The first kappa shape index (κ1) is 8.50. The first-order valence-electron chi connectivity index (χ1n) is 5.33. The van der Waals surface area contributed by atoms with Gasteiger partial charge >= 0.3 is 0 Å². The van der Waals surface area contributed by atoms with Gasteiger partial charge in [0.25, 0.3) is 0 Å². The van der Waals surface area contributed by atoms with Gasteiger partial charge < -0.3 is 14.5 Å². The van der Waals surface area contributed by atoms with Crippen molar-refractivity contribution in [3.05, 3.63) is 24.2 Å².